The van der Waals surface area contributed by atoms with Gasteiger partial charge in [0.1, 0.15) is 17.4 Å². The number of unbranched alkanes of at least 4 members (excludes halogenated alkanes) is 2. The van der Waals surface area contributed by atoms with Crippen molar-refractivity contribution in [3.8, 4) is 17.1 Å². The van der Waals surface area contributed by atoms with E-state index in [2.05, 4.69) is 48.2 Å². The number of benzene rings is 1. The summed E-state index contributed by atoms with van der Waals surface area (Å²) in [5.74, 6) is 3.50. The summed E-state index contributed by atoms with van der Waals surface area (Å²) in [5, 5.41) is 12.8. The number of hydrogen-bond acceptors (Lipinski definition) is 8. The highest BCUT2D eigenvalue weighted by molar-refractivity contribution is 9.18. The molecule has 0 aliphatic carbocycles. The van der Waals surface area contributed by atoms with E-state index in [-0.39, 0.29) is 5.56 Å². The average Bonchev–Trinajstić information content (AvgIpc) is 3.58. The van der Waals surface area contributed by atoms with Crippen molar-refractivity contribution in [1.82, 2.24) is 29.3 Å². The molecule has 1 aliphatic rings. The molecule has 5 rings (SSSR count). The van der Waals surface area contributed by atoms with Gasteiger partial charge in [0.15, 0.2) is 0 Å². The lowest BCUT2D eigenvalue weighted by Crippen LogP contribution is -2.24. The number of methoxy groups -OCH3 is 1. The van der Waals surface area contributed by atoms with Crippen molar-refractivity contribution < 1.29 is 9.26 Å². The van der Waals surface area contributed by atoms with Crippen molar-refractivity contribution in [3.05, 3.63) is 51.9 Å². The van der Waals surface area contributed by atoms with E-state index >= 15 is 0 Å². The molecule has 4 aromatic rings. The molecule has 1 aromatic carbocycles. The highest BCUT2D eigenvalue weighted by Crippen LogP contribution is 2.28. The largest absolute Gasteiger partial charge is 0.497 e. The van der Waals surface area contributed by atoms with Crippen LogP contribution < -0.4 is 10.3 Å². The Balaban J connectivity index is 1.41. The summed E-state index contributed by atoms with van der Waals surface area (Å²) in [6, 6.07) is 7.45. The molecule has 0 saturated carbocycles. The third kappa shape index (κ3) is 4.15. The Hall–Kier alpha value is -3.34. The minimum absolute atomic E-state index is 0.126. The average molecular weight is 526 g/mol. The van der Waals surface area contributed by atoms with E-state index in [9.17, 15) is 4.79 Å². The summed E-state index contributed by atoms with van der Waals surface area (Å²) in [7, 11) is 1.62. The minimum atomic E-state index is -0.126. The Morgan fingerprint density at radius 2 is 1.97 bits per heavy atom. The molecular formula is C23H24BrN7O3. The van der Waals surface area contributed by atoms with Crippen molar-refractivity contribution in [2.75, 3.05) is 7.11 Å². The van der Waals surface area contributed by atoms with E-state index in [1.54, 1.807) is 11.5 Å². The number of aryl methyl sites for hydroxylation is 3. The van der Waals surface area contributed by atoms with E-state index in [0.29, 0.717) is 54.0 Å². The van der Waals surface area contributed by atoms with Gasteiger partial charge in [0.05, 0.1) is 17.3 Å². The molecule has 1 aliphatic heterocycles. The summed E-state index contributed by atoms with van der Waals surface area (Å²) >= 11 is 3.46. The predicted octanol–water partition coefficient (Wildman–Crippen LogP) is 3.91. The van der Waals surface area contributed by atoms with Gasteiger partial charge in [0.2, 0.25) is 17.5 Å². The van der Waals surface area contributed by atoms with Crippen molar-refractivity contribution in [1.29, 1.82) is 0 Å². The van der Waals surface area contributed by atoms with Gasteiger partial charge >= 0.3 is 0 Å². The molecule has 3 aromatic heterocycles. The number of aliphatic imine (C=N–C) groups is 1. The fourth-order valence-corrected chi connectivity index (χ4v) is 4.53. The zero-order valence-electron chi connectivity index (χ0n) is 19.0. The Labute approximate surface area is 203 Å². The summed E-state index contributed by atoms with van der Waals surface area (Å²) in [6.07, 6.45) is 4.53. The van der Waals surface area contributed by atoms with Gasteiger partial charge in [-0.05, 0) is 46.6 Å². The number of rotatable bonds is 9. The van der Waals surface area contributed by atoms with Crippen LogP contribution in [0.4, 0.5) is 5.82 Å². The summed E-state index contributed by atoms with van der Waals surface area (Å²) < 4.78 is 15.0. The molecule has 0 amide bonds. The maximum absolute atomic E-state index is 13.3. The molecule has 4 heterocycles. The topological polar surface area (TPSA) is 113 Å². The van der Waals surface area contributed by atoms with E-state index in [1.807, 2.05) is 28.8 Å². The number of fused-ring (bicyclic) bond motifs is 2. The first-order chi connectivity index (χ1) is 16.6. The van der Waals surface area contributed by atoms with Crippen molar-refractivity contribution in [2.45, 2.75) is 52.0 Å². The van der Waals surface area contributed by atoms with E-state index < -0.39 is 0 Å². The van der Waals surface area contributed by atoms with Crippen LogP contribution in [0.1, 0.15) is 43.5 Å². The van der Waals surface area contributed by atoms with Gasteiger partial charge < -0.3 is 9.26 Å². The third-order valence-electron chi connectivity index (χ3n) is 5.86. The molecule has 0 saturated heterocycles. The van der Waals surface area contributed by atoms with Gasteiger partial charge in [-0.2, -0.15) is 4.98 Å². The second kappa shape index (κ2) is 9.49. The smallest absolute Gasteiger partial charge is 0.266 e. The molecule has 0 spiro atoms. The molecule has 0 N–H and O–H groups in total. The van der Waals surface area contributed by atoms with E-state index in [1.165, 1.54) is 0 Å². The number of aromatic nitrogens is 6. The third-order valence-corrected chi connectivity index (χ3v) is 6.31. The van der Waals surface area contributed by atoms with Crippen LogP contribution in [0.15, 0.2) is 38.6 Å². The van der Waals surface area contributed by atoms with Crippen molar-refractivity contribution >= 4 is 32.1 Å². The zero-order valence-corrected chi connectivity index (χ0v) is 20.6. The van der Waals surface area contributed by atoms with Crippen LogP contribution in [0.3, 0.4) is 0 Å². The standard InChI is InChI=1S/C23H24BrN7O3/c1-3-4-5-12-30-21-16(13-17(24)25-21)22(32)31-18(27-28-23(30)31)10-11-19-26-20(29-34-19)14-6-8-15(33-2)9-7-14/h6-9H,3-5,10-13H2,1-2H3. The van der Waals surface area contributed by atoms with Crippen LogP contribution >= 0.6 is 15.9 Å². The fourth-order valence-electron chi connectivity index (χ4n) is 4.08. The van der Waals surface area contributed by atoms with Crippen LogP contribution in [0.5, 0.6) is 5.75 Å². The summed E-state index contributed by atoms with van der Waals surface area (Å²) in [6.45, 7) is 2.89. The summed E-state index contributed by atoms with van der Waals surface area (Å²) in [4.78, 5) is 22.3. The molecule has 0 fully saturated rings. The van der Waals surface area contributed by atoms with Gasteiger partial charge in [-0.15, -0.1) is 10.2 Å². The highest BCUT2D eigenvalue weighted by atomic mass is 79.9. The van der Waals surface area contributed by atoms with Gasteiger partial charge in [0, 0.05) is 31.4 Å². The van der Waals surface area contributed by atoms with Crippen molar-refractivity contribution in [3.63, 3.8) is 0 Å². The summed E-state index contributed by atoms with van der Waals surface area (Å²) in [5.41, 5.74) is 1.37. The Bertz CT molecular complexity index is 1420. The van der Waals surface area contributed by atoms with Gasteiger partial charge in [-0.1, -0.05) is 24.9 Å². The zero-order chi connectivity index (χ0) is 23.7. The Kier molecular flexibility index (Phi) is 6.27. The molecule has 0 bridgehead atoms. The number of ether oxygens (including phenoxy) is 1. The van der Waals surface area contributed by atoms with Crippen molar-refractivity contribution in [2.24, 2.45) is 4.99 Å². The molecule has 0 atom stereocenters. The Morgan fingerprint density at radius 3 is 2.74 bits per heavy atom. The Morgan fingerprint density at radius 1 is 1.15 bits per heavy atom. The first kappa shape index (κ1) is 22.5. The number of halogens is 1. The second-order valence-electron chi connectivity index (χ2n) is 8.12. The van der Waals surface area contributed by atoms with Crippen LogP contribution in [0, 0.1) is 0 Å². The predicted molar refractivity (Wildman–Crippen MR) is 130 cm³/mol. The molecule has 34 heavy (non-hydrogen) atoms. The molecule has 0 unspecified atom stereocenters. The first-order valence-corrected chi connectivity index (χ1v) is 12.1. The SMILES string of the molecule is CCCCCn1c2c(c(=O)n3c(CCc4nc(-c5ccc(OC)cc5)no4)nnc13)CC(Br)=N2. The molecule has 0 radical (unpaired) electrons. The van der Waals surface area contributed by atoms with Crippen LogP contribution in [-0.4, -0.2) is 41.0 Å². The van der Waals surface area contributed by atoms with Gasteiger partial charge in [0.25, 0.3) is 5.56 Å². The fraction of sp³-hybridized carbons (Fsp3) is 0.391. The van der Waals surface area contributed by atoms with Gasteiger partial charge in [-0.25, -0.2) is 9.39 Å². The number of hydrogen-bond donors (Lipinski definition) is 0. The molecular weight excluding hydrogens is 502 g/mol. The lowest BCUT2D eigenvalue weighted by atomic mass is 10.2. The monoisotopic (exact) mass is 525 g/mol. The first-order valence-electron chi connectivity index (χ1n) is 11.3. The second-order valence-corrected chi connectivity index (χ2v) is 9.04. The maximum Gasteiger partial charge on any atom is 0.266 e. The molecule has 10 nitrogen and oxygen atoms in total. The molecule has 11 heteroatoms. The lowest BCUT2D eigenvalue weighted by molar-refractivity contribution is 0.378. The van der Waals surface area contributed by atoms with Crippen LogP contribution in [0.2, 0.25) is 0 Å². The minimum Gasteiger partial charge on any atom is -0.497 e. The van der Waals surface area contributed by atoms with Crippen LogP contribution in [-0.2, 0) is 25.8 Å². The van der Waals surface area contributed by atoms with E-state index in [4.69, 9.17) is 9.26 Å². The normalized spacial score (nSPS) is 12.9. The van der Waals surface area contributed by atoms with Crippen LogP contribution in [0.25, 0.3) is 17.2 Å². The van der Waals surface area contributed by atoms with E-state index in [0.717, 1.165) is 41.7 Å². The number of nitrogens with zero attached hydrogens (tertiary/aromatic N) is 7. The quantitative estimate of drug-likeness (QED) is 0.304. The van der Waals surface area contributed by atoms with Gasteiger partial charge in [-0.3, -0.25) is 9.36 Å². The molecule has 176 valence electrons. The lowest BCUT2D eigenvalue weighted by Gasteiger charge is -2.12. The maximum atomic E-state index is 13.3. The highest BCUT2D eigenvalue weighted by Gasteiger charge is 2.25.